The molecule has 0 aliphatic heterocycles. The van der Waals surface area contributed by atoms with Crippen LogP contribution in [0.2, 0.25) is 5.02 Å². The first-order valence-electron chi connectivity index (χ1n) is 7.68. The second kappa shape index (κ2) is 7.66. The molecule has 1 aliphatic rings. The number of carbonyl (C=O) groups excluding carboxylic acids is 1. The number of nitrogens with one attached hydrogen (secondary N) is 2. The second-order valence-electron chi connectivity index (χ2n) is 5.86. The summed E-state index contributed by atoms with van der Waals surface area (Å²) < 4.78 is 0. The molecule has 0 spiro atoms. The quantitative estimate of drug-likeness (QED) is 0.744. The minimum atomic E-state index is -0.824. The molecule has 1 aliphatic carbocycles. The average molecular weight is 340 g/mol. The molecule has 3 N–H and O–H groups in total. The van der Waals surface area contributed by atoms with E-state index in [0.717, 1.165) is 18.4 Å². The average Bonchev–Trinajstić information content (AvgIpc) is 2.43. The summed E-state index contributed by atoms with van der Waals surface area (Å²) in [7, 11) is 0. The molecule has 0 aromatic heterocycles. The van der Waals surface area contributed by atoms with Crippen molar-refractivity contribution in [2.24, 2.45) is 0 Å². The third-order valence-corrected chi connectivity index (χ3v) is 4.39. The van der Waals surface area contributed by atoms with E-state index < -0.39 is 5.97 Å². The highest BCUT2D eigenvalue weighted by Gasteiger charge is 2.34. The van der Waals surface area contributed by atoms with Gasteiger partial charge < -0.3 is 15.7 Å². The predicted octanol–water partition coefficient (Wildman–Crippen LogP) is 2.71. The number of nitrogens with zero attached hydrogens (tertiary/aromatic N) is 1. The van der Waals surface area contributed by atoms with Gasteiger partial charge in [0, 0.05) is 12.1 Å². The summed E-state index contributed by atoms with van der Waals surface area (Å²) in [4.78, 5) is 24.7. The highest BCUT2D eigenvalue weighted by atomic mass is 35.5. The first kappa shape index (κ1) is 17.6. The van der Waals surface area contributed by atoms with Crippen molar-refractivity contribution in [3.05, 3.63) is 28.8 Å². The van der Waals surface area contributed by atoms with Gasteiger partial charge in [0.2, 0.25) is 0 Å². The van der Waals surface area contributed by atoms with E-state index in [0.29, 0.717) is 17.3 Å². The molecule has 6 nitrogen and oxygen atoms in total. The van der Waals surface area contributed by atoms with Crippen molar-refractivity contribution >= 4 is 29.3 Å². The van der Waals surface area contributed by atoms with Crippen LogP contribution in [0.3, 0.4) is 0 Å². The minimum Gasteiger partial charge on any atom is -0.480 e. The number of carboxylic acid groups (broad SMARTS) is 1. The highest BCUT2D eigenvalue weighted by Crippen LogP contribution is 2.26. The van der Waals surface area contributed by atoms with Gasteiger partial charge in [0.1, 0.15) is 0 Å². The summed E-state index contributed by atoms with van der Waals surface area (Å²) in [6.45, 7) is 4.60. The third-order valence-electron chi connectivity index (χ3n) is 4.08. The van der Waals surface area contributed by atoms with Crippen molar-refractivity contribution in [1.29, 1.82) is 0 Å². The maximum absolute atomic E-state index is 12.0. The van der Waals surface area contributed by atoms with E-state index in [4.69, 9.17) is 16.7 Å². The number of benzene rings is 1. The van der Waals surface area contributed by atoms with E-state index >= 15 is 0 Å². The molecular weight excluding hydrogens is 318 g/mol. The maximum Gasteiger partial charge on any atom is 0.319 e. The third kappa shape index (κ3) is 4.84. The topological polar surface area (TPSA) is 81.7 Å². The largest absolute Gasteiger partial charge is 0.480 e. The molecule has 2 amide bonds. The number of carbonyl (C=O) groups is 2. The van der Waals surface area contributed by atoms with Gasteiger partial charge in [-0.15, -0.1) is 0 Å². The molecule has 0 unspecified atom stereocenters. The van der Waals surface area contributed by atoms with Crippen molar-refractivity contribution < 1.29 is 14.7 Å². The van der Waals surface area contributed by atoms with Crippen molar-refractivity contribution in [3.8, 4) is 0 Å². The van der Waals surface area contributed by atoms with Crippen LogP contribution < -0.4 is 10.6 Å². The standard InChI is InChI=1S/C16H22ClN3O3/c1-3-20(9-15(21)22)12-7-11(8-12)18-16(23)19-14-5-4-10(2)6-13(14)17/h4-6,11-12H,3,7-9H2,1-2H3,(H,21,22)(H2,18,19,23). The molecule has 1 aromatic carbocycles. The van der Waals surface area contributed by atoms with E-state index in [2.05, 4.69) is 10.6 Å². The molecular formula is C16H22ClN3O3. The smallest absolute Gasteiger partial charge is 0.319 e. The number of rotatable bonds is 6. The van der Waals surface area contributed by atoms with E-state index in [1.165, 1.54) is 0 Å². The van der Waals surface area contributed by atoms with Crippen LogP contribution in [0.25, 0.3) is 0 Å². The lowest BCUT2D eigenvalue weighted by molar-refractivity contribution is -0.139. The fourth-order valence-electron chi connectivity index (χ4n) is 2.74. The van der Waals surface area contributed by atoms with Crippen LogP contribution in [0.5, 0.6) is 0 Å². The molecule has 0 saturated heterocycles. The maximum atomic E-state index is 12.0. The SMILES string of the molecule is CCN(CC(=O)O)C1CC(NC(=O)Nc2ccc(C)cc2Cl)C1. The first-order valence-corrected chi connectivity index (χ1v) is 8.06. The minimum absolute atomic E-state index is 0.0407. The van der Waals surface area contributed by atoms with Crippen LogP contribution in [0.4, 0.5) is 10.5 Å². The Balaban J connectivity index is 1.78. The zero-order valence-corrected chi connectivity index (χ0v) is 14.1. The van der Waals surface area contributed by atoms with Gasteiger partial charge in [-0.2, -0.15) is 0 Å². The van der Waals surface area contributed by atoms with E-state index in [1.807, 2.05) is 24.8 Å². The zero-order valence-electron chi connectivity index (χ0n) is 13.3. The zero-order chi connectivity index (χ0) is 17.0. The normalized spacial score (nSPS) is 20.0. The number of carboxylic acids is 1. The summed E-state index contributed by atoms with van der Waals surface area (Å²) in [5.74, 6) is -0.824. The van der Waals surface area contributed by atoms with Gasteiger partial charge in [-0.1, -0.05) is 24.6 Å². The fraction of sp³-hybridized carbons (Fsp3) is 0.500. The number of hydrogen-bond donors (Lipinski definition) is 3. The van der Waals surface area contributed by atoms with Gasteiger partial charge >= 0.3 is 12.0 Å². The Labute approximate surface area is 140 Å². The van der Waals surface area contributed by atoms with Crippen LogP contribution in [-0.4, -0.2) is 47.2 Å². The number of likely N-dealkylation sites (N-methyl/N-ethyl adjacent to an activating group) is 1. The fourth-order valence-corrected chi connectivity index (χ4v) is 3.02. The van der Waals surface area contributed by atoms with Crippen LogP contribution in [0, 0.1) is 6.92 Å². The Bertz CT molecular complexity index is 588. The van der Waals surface area contributed by atoms with E-state index in [-0.39, 0.29) is 24.7 Å². The molecule has 0 atom stereocenters. The number of aliphatic carboxylic acids is 1. The summed E-state index contributed by atoms with van der Waals surface area (Å²) in [5, 5.41) is 15.0. The summed E-state index contributed by atoms with van der Waals surface area (Å²) in [5.41, 5.74) is 1.60. The second-order valence-corrected chi connectivity index (χ2v) is 6.27. The Morgan fingerprint density at radius 3 is 2.65 bits per heavy atom. The Morgan fingerprint density at radius 2 is 2.09 bits per heavy atom. The van der Waals surface area contributed by atoms with E-state index in [1.54, 1.807) is 12.1 Å². The van der Waals surface area contributed by atoms with Crippen LogP contribution >= 0.6 is 11.6 Å². The number of anilines is 1. The molecule has 1 saturated carbocycles. The van der Waals surface area contributed by atoms with Gasteiger partial charge in [-0.25, -0.2) is 4.79 Å². The molecule has 0 heterocycles. The van der Waals surface area contributed by atoms with Crippen molar-refractivity contribution in [3.63, 3.8) is 0 Å². The number of aryl methyl sites for hydroxylation is 1. The number of urea groups is 1. The Hall–Kier alpha value is -1.79. The van der Waals surface area contributed by atoms with Gasteiger partial charge in [-0.05, 0) is 44.0 Å². The lowest BCUT2D eigenvalue weighted by atomic mass is 9.85. The molecule has 0 radical (unpaired) electrons. The lowest BCUT2D eigenvalue weighted by Crippen LogP contribution is -2.55. The molecule has 1 fully saturated rings. The van der Waals surface area contributed by atoms with E-state index in [9.17, 15) is 9.59 Å². The molecule has 126 valence electrons. The van der Waals surface area contributed by atoms with Gasteiger partial charge in [0.25, 0.3) is 0 Å². The van der Waals surface area contributed by atoms with Crippen LogP contribution in [-0.2, 0) is 4.79 Å². The molecule has 1 aromatic rings. The van der Waals surface area contributed by atoms with Crippen molar-refractivity contribution in [1.82, 2.24) is 10.2 Å². The van der Waals surface area contributed by atoms with Crippen molar-refractivity contribution in [2.75, 3.05) is 18.4 Å². The molecule has 2 rings (SSSR count). The van der Waals surface area contributed by atoms with Gasteiger partial charge in [-0.3, -0.25) is 9.69 Å². The lowest BCUT2D eigenvalue weighted by Gasteiger charge is -2.42. The Morgan fingerprint density at radius 1 is 1.39 bits per heavy atom. The van der Waals surface area contributed by atoms with Crippen LogP contribution in [0.1, 0.15) is 25.3 Å². The highest BCUT2D eigenvalue weighted by molar-refractivity contribution is 6.33. The van der Waals surface area contributed by atoms with Gasteiger partial charge in [0.15, 0.2) is 0 Å². The number of halogens is 1. The summed E-state index contributed by atoms with van der Waals surface area (Å²) in [6, 6.07) is 5.43. The first-order chi connectivity index (χ1) is 10.9. The predicted molar refractivity (Wildman–Crippen MR) is 90.0 cm³/mol. The molecule has 7 heteroatoms. The summed E-state index contributed by atoms with van der Waals surface area (Å²) >= 11 is 6.09. The monoisotopic (exact) mass is 339 g/mol. The number of hydrogen-bond acceptors (Lipinski definition) is 3. The molecule has 23 heavy (non-hydrogen) atoms. The molecule has 0 bridgehead atoms. The van der Waals surface area contributed by atoms with Crippen LogP contribution in [0.15, 0.2) is 18.2 Å². The number of amides is 2. The summed E-state index contributed by atoms with van der Waals surface area (Å²) in [6.07, 6.45) is 1.52. The van der Waals surface area contributed by atoms with Crippen molar-refractivity contribution in [2.45, 2.75) is 38.8 Å². The van der Waals surface area contributed by atoms with Gasteiger partial charge in [0.05, 0.1) is 17.3 Å². The Kier molecular flexibility index (Phi) is 5.85.